The summed E-state index contributed by atoms with van der Waals surface area (Å²) in [5.74, 6) is 1.03. The quantitative estimate of drug-likeness (QED) is 0.748. The number of fused-ring (bicyclic) bond motifs is 1. The molecule has 0 unspecified atom stereocenters. The number of nitrogen functional groups attached to an aromatic ring is 1. The van der Waals surface area contributed by atoms with Crippen molar-refractivity contribution in [3.8, 4) is 11.4 Å². The number of ketones is 1. The van der Waals surface area contributed by atoms with Crippen molar-refractivity contribution in [3.05, 3.63) is 48.0 Å². The summed E-state index contributed by atoms with van der Waals surface area (Å²) in [6, 6.07) is 13.9. The van der Waals surface area contributed by atoms with Crippen LogP contribution in [0.3, 0.4) is 0 Å². The van der Waals surface area contributed by atoms with E-state index in [4.69, 9.17) is 10.7 Å². The fourth-order valence-electron chi connectivity index (χ4n) is 2.63. The van der Waals surface area contributed by atoms with Gasteiger partial charge in [0.2, 0.25) is 0 Å². The lowest BCUT2D eigenvalue weighted by molar-refractivity contribution is -0.117. The van der Waals surface area contributed by atoms with Gasteiger partial charge in [-0.1, -0.05) is 18.2 Å². The first-order valence-electron chi connectivity index (χ1n) is 7.37. The zero-order chi connectivity index (χ0) is 15.7. The van der Waals surface area contributed by atoms with E-state index < -0.39 is 0 Å². The lowest BCUT2D eigenvalue weighted by atomic mass is 10.2. The first-order valence-corrected chi connectivity index (χ1v) is 7.37. The Labute approximate surface area is 129 Å². The molecule has 0 atom stereocenters. The van der Waals surface area contributed by atoms with E-state index in [-0.39, 0.29) is 5.78 Å². The second-order valence-electron chi connectivity index (χ2n) is 5.66. The Balaban J connectivity index is 2.18. The first-order chi connectivity index (χ1) is 10.5. The average Bonchev–Trinajstić information content (AvgIpc) is 2.82. The number of carbonyl (C=O) groups excluding carboxylic acids is 1. The molecule has 22 heavy (non-hydrogen) atoms. The summed E-state index contributed by atoms with van der Waals surface area (Å²) in [4.78, 5) is 16.1. The van der Waals surface area contributed by atoms with E-state index in [0.29, 0.717) is 18.7 Å². The van der Waals surface area contributed by atoms with Gasteiger partial charge in [0.25, 0.3) is 0 Å². The highest BCUT2D eigenvalue weighted by atomic mass is 16.1. The average molecular weight is 293 g/mol. The van der Waals surface area contributed by atoms with Crippen molar-refractivity contribution in [1.29, 1.82) is 0 Å². The summed E-state index contributed by atoms with van der Waals surface area (Å²) in [5, 5.41) is 0. The van der Waals surface area contributed by atoms with Crippen LogP contribution < -0.4 is 5.73 Å². The molecule has 0 aliphatic heterocycles. The third-order valence-electron chi connectivity index (χ3n) is 3.74. The molecule has 2 aromatic carbocycles. The van der Waals surface area contributed by atoms with Crippen molar-refractivity contribution in [2.45, 2.75) is 26.8 Å². The van der Waals surface area contributed by atoms with E-state index >= 15 is 0 Å². The SMILES string of the molecule is CC(=O)CCn1c(-c2cccc(N)c2)nc2cc(C)ccc21. The summed E-state index contributed by atoms with van der Waals surface area (Å²) in [5.41, 5.74) is 10.7. The fourth-order valence-corrected chi connectivity index (χ4v) is 2.63. The minimum Gasteiger partial charge on any atom is -0.399 e. The Morgan fingerprint density at radius 1 is 1.23 bits per heavy atom. The van der Waals surface area contributed by atoms with Crippen LogP contribution in [-0.4, -0.2) is 15.3 Å². The highest BCUT2D eigenvalue weighted by Gasteiger charge is 2.13. The molecule has 0 amide bonds. The molecular formula is C18H19N3O. The number of Topliss-reactive ketones (excluding diaryl/α,β-unsaturated/α-hetero) is 1. The Morgan fingerprint density at radius 2 is 2.05 bits per heavy atom. The van der Waals surface area contributed by atoms with Gasteiger partial charge in [-0.2, -0.15) is 0 Å². The topological polar surface area (TPSA) is 60.9 Å². The van der Waals surface area contributed by atoms with Crippen LogP contribution in [0.4, 0.5) is 5.69 Å². The predicted octanol–water partition coefficient (Wildman–Crippen LogP) is 3.57. The van der Waals surface area contributed by atoms with E-state index in [1.54, 1.807) is 6.92 Å². The van der Waals surface area contributed by atoms with Gasteiger partial charge < -0.3 is 10.3 Å². The zero-order valence-electron chi connectivity index (χ0n) is 12.8. The molecule has 112 valence electrons. The largest absolute Gasteiger partial charge is 0.399 e. The van der Waals surface area contributed by atoms with Gasteiger partial charge in [0.15, 0.2) is 0 Å². The molecular weight excluding hydrogens is 274 g/mol. The summed E-state index contributed by atoms with van der Waals surface area (Å²) in [6.07, 6.45) is 0.495. The molecule has 2 N–H and O–H groups in total. The molecule has 4 heteroatoms. The molecule has 3 aromatic rings. The van der Waals surface area contributed by atoms with Crippen LogP contribution in [0.2, 0.25) is 0 Å². The molecule has 0 radical (unpaired) electrons. The molecule has 1 heterocycles. The molecule has 1 aromatic heterocycles. The summed E-state index contributed by atoms with van der Waals surface area (Å²) >= 11 is 0. The molecule has 4 nitrogen and oxygen atoms in total. The third-order valence-corrected chi connectivity index (χ3v) is 3.74. The van der Waals surface area contributed by atoms with Gasteiger partial charge in [0.1, 0.15) is 11.6 Å². The van der Waals surface area contributed by atoms with Gasteiger partial charge in [0.05, 0.1) is 11.0 Å². The molecule has 3 rings (SSSR count). The first kappa shape index (κ1) is 14.3. The van der Waals surface area contributed by atoms with Crippen molar-refractivity contribution in [1.82, 2.24) is 9.55 Å². The Morgan fingerprint density at radius 3 is 2.77 bits per heavy atom. The van der Waals surface area contributed by atoms with E-state index in [1.165, 1.54) is 5.56 Å². The van der Waals surface area contributed by atoms with Crippen molar-refractivity contribution < 1.29 is 4.79 Å². The van der Waals surface area contributed by atoms with Crippen LogP contribution in [0.5, 0.6) is 0 Å². The highest BCUT2D eigenvalue weighted by molar-refractivity contribution is 5.82. The lowest BCUT2D eigenvalue weighted by Crippen LogP contribution is -2.04. The van der Waals surface area contributed by atoms with Crippen LogP contribution >= 0.6 is 0 Å². The predicted molar refractivity (Wildman–Crippen MR) is 89.6 cm³/mol. The van der Waals surface area contributed by atoms with E-state index in [0.717, 1.165) is 22.4 Å². The number of hydrogen-bond acceptors (Lipinski definition) is 3. The van der Waals surface area contributed by atoms with Crippen molar-refractivity contribution in [2.24, 2.45) is 0 Å². The second kappa shape index (κ2) is 5.64. The lowest BCUT2D eigenvalue weighted by Gasteiger charge is -2.09. The molecule has 0 saturated heterocycles. The smallest absolute Gasteiger partial charge is 0.141 e. The minimum absolute atomic E-state index is 0.174. The highest BCUT2D eigenvalue weighted by Crippen LogP contribution is 2.27. The van der Waals surface area contributed by atoms with Crippen LogP contribution in [0, 0.1) is 6.92 Å². The zero-order valence-corrected chi connectivity index (χ0v) is 12.8. The third kappa shape index (κ3) is 2.72. The van der Waals surface area contributed by atoms with Crippen molar-refractivity contribution in [2.75, 3.05) is 5.73 Å². The van der Waals surface area contributed by atoms with Crippen molar-refractivity contribution >= 4 is 22.5 Å². The molecule has 0 bridgehead atoms. The standard InChI is InChI=1S/C18H19N3O/c1-12-6-7-17-16(10-12)20-18(21(17)9-8-13(2)22)14-4-3-5-15(19)11-14/h3-7,10-11H,8-9,19H2,1-2H3. The maximum Gasteiger partial charge on any atom is 0.141 e. The van der Waals surface area contributed by atoms with Gasteiger partial charge in [-0.05, 0) is 43.7 Å². The molecule has 0 spiro atoms. The van der Waals surface area contributed by atoms with Gasteiger partial charge in [-0.3, -0.25) is 4.79 Å². The molecule has 0 saturated carbocycles. The van der Waals surface area contributed by atoms with Crippen LogP contribution in [-0.2, 0) is 11.3 Å². The number of aromatic nitrogens is 2. The number of nitrogens with two attached hydrogens (primary N) is 1. The number of imidazole rings is 1. The Hall–Kier alpha value is -2.62. The Bertz CT molecular complexity index is 849. The molecule has 0 fully saturated rings. The maximum absolute atomic E-state index is 11.4. The Kier molecular flexibility index (Phi) is 3.67. The monoisotopic (exact) mass is 293 g/mol. The van der Waals surface area contributed by atoms with Crippen molar-refractivity contribution in [3.63, 3.8) is 0 Å². The molecule has 0 aliphatic rings. The van der Waals surface area contributed by atoms with Crippen LogP contribution in [0.1, 0.15) is 18.9 Å². The number of hydrogen-bond donors (Lipinski definition) is 1. The number of nitrogens with zero attached hydrogens (tertiary/aromatic N) is 2. The summed E-state index contributed by atoms with van der Waals surface area (Å²) in [6.45, 7) is 4.29. The number of benzene rings is 2. The summed E-state index contributed by atoms with van der Waals surface area (Å²) in [7, 11) is 0. The van der Waals surface area contributed by atoms with Gasteiger partial charge in [-0.25, -0.2) is 4.98 Å². The van der Waals surface area contributed by atoms with Crippen LogP contribution in [0.15, 0.2) is 42.5 Å². The van der Waals surface area contributed by atoms with Crippen LogP contribution in [0.25, 0.3) is 22.4 Å². The van der Waals surface area contributed by atoms with Gasteiger partial charge in [0, 0.05) is 24.2 Å². The van der Waals surface area contributed by atoms with E-state index in [1.807, 2.05) is 31.2 Å². The number of anilines is 1. The normalized spacial score (nSPS) is 11.0. The fraction of sp³-hybridized carbons (Fsp3) is 0.222. The van der Waals surface area contributed by atoms with Gasteiger partial charge >= 0.3 is 0 Å². The minimum atomic E-state index is 0.174. The molecule has 0 aliphatic carbocycles. The van der Waals surface area contributed by atoms with E-state index in [2.05, 4.69) is 22.8 Å². The number of rotatable bonds is 4. The maximum atomic E-state index is 11.4. The summed E-state index contributed by atoms with van der Waals surface area (Å²) < 4.78 is 2.10. The van der Waals surface area contributed by atoms with E-state index in [9.17, 15) is 4.79 Å². The number of aryl methyl sites for hydroxylation is 2. The van der Waals surface area contributed by atoms with Gasteiger partial charge in [-0.15, -0.1) is 0 Å². The second-order valence-corrected chi connectivity index (χ2v) is 5.66. The number of carbonyl (C=O) groups is 1.